The maximum atomic E-state index is 14.1. The number of carbonyl (C=O) groups is 4. The van der Waals surface area contributed by atoms with E-state index in [1.54, 1.807) is 52.0 Å². The van der Waals surface area contributed by atoms with Crippen LogP contribution in [0.2, 0.25) is 0 Å². The van der Waals surface area contributed by atoms with E-state index >= 15 is 0 Å². The monoisotopic (exact) mass is 718 g/mol. The lowest BCUT2D eigenvalue weighted by molar-refractivity contribution is -0.148. The number of ether oxygens (including phenoxy) is 2. The Hall–Kier alpha value is -3.06. The second kappa shape index (κ2) is 20.8. The number of hydrogen-bond donors (Lipinski definition) is 4. The highest BCUT2D eigenvalue weighted by atomic mass is 16.5. The molecule has 0 aliphatic carbocycles. The molecule has 51 heavy (non-hydrogen) atoms. The molecular weight excluding hydrogens is 650 g/mol. The van der Waals surface area contributed by atoms with Crippen LogP contribution in [0.25, 0.3) is 0 Å². The van der Waals surface area contributed by atoms with E-state index in [-0.39, 0.29) is 53.8 Å². The van der Waals surface area contributed by atoms with Gasteiger partial charge in [-0.05, 0) is 50.1 Å². The summed E-state index contributed by atoms with van der Waals surface area (Å²) in [5, 5.41) is 19.8. The predicted octanol–water partition coefficient (Wildman–Crippen LogP) is 3.53. The van der Waals surface area contributed by atoms with Crippen molar-refractivity contribution in [2.24, 2.45) is 23.7 Å². The third-order valence-corrected chi connectivity index (χ3v) is 10.7. The molecule has 1 heterocycles. The predicted molar refractivity (Wildman–Crippen MR) is 200 cm³/mol. The van der Waals surface area contributed by atoms with E-state index in [9.17, 15) is 24.3 Å². The van der Waals surface area contributed by atoms with Gasteiger partial charge in [-0.15, -0.1) is 0 Å². The number of nitrogens with one attached hydrogen (secondary N) is 3. The molecule has 10 atom stereocenters. The molecule has 12 nitrogen and oxygen atoms in total. The van der Waals surface area contributed by atoms with Crippen molar-refractivity contribution in [3.05, 3.63) is 35.9 Å². The molecule has 4 N–H and O–H groups in total. The molecule has 0 bridgehead atoms. The zero-order chi connectivity index (χ0) is 38.6. The van der Waals surface area contributed by atoms with Gasteiger partial charge in [-0.2, -0.15) is 0 Å². The van der Waals surface area contributed by atoms with Crippen molar-refractivity contribution in [1.82, 2.24) is 25.8 Å². The lowest BCUT2D eigenvalue weighted by Gasteiger charge is -2.41. The molecule has 1 saturated heterocycles. The molecule has 1 unspecified atom stereocenters. The van der Waals surface area contributed by atoms with Crippen LogP contribution in [0.5, 0.6) is 0 Å². The molecule has 1 aromatic rings. The summed E-state index contributed by atoms with van der Waals surface area (Å²) in [6.45, 7) is 15.9. The van der Waals surface area contributed by atoms with E-state index in [1.807, 2.05) is 71.9 Å². The number of likely N-dealkylation sites (tertiary alicyclic amines) is 1. The highest BCUT2D eigenvalue weighted by molar-refractivity contribution is 5.90. The van der Waals surface area contributed by atoms with Gasteiger partial charge in [0.2, 0.25) is 23.6 Å². The largest absolute Gasteiger partial charge is 0.386 e. The number of methoxy groups -OCH3 is 2. The SMILES string of the molecule is CC[C@H](C)[C@@H]([C@H](CC(=O)N1CCC[C@H]1[C@H](OC)[C@@H](C)C(=O)N[C@@H](C)[C@H](O)c1ccccc1)OC)N(C)C(=O)[C@@H](NC(=O)C(NC)C(C)C)C(C)C. The fourth-order valence-electron chi connectivity index (χ4n) is 7.42. The minimum absolute atomic E-state index is 0.0148. The van der Waals surface area contributed by atoms with Crippen LogP contribution in [-0.4, -0.2) is 116 Å². The maximum absolute atomic E-state index is 14.1. The number of nitrogens with zero attached hydrogens (tertiary/aromatic N) is 2. The van der Waals surface area contributed by atoms with E-state index in [4.69, 9.17) is 9.47 Å². The van der Waals surface area contributed by atoms with Crippen molar-refractivity contribution in [2.45, 2.75) is 130 Å². The van der Waals surface area contributed by atoms with E-state index in [1.165, 1.54) is 0 Å². The minimum atomic E-state index is -0.875. The van der Waals surface area contributed by atoms with Crippen LogP contribution in [0, 0.1) is 23.7 Å². The fraction of sp³-hybridized carbons (Fsp3) is 0.744. The number of carbonyl (C=O) groups excluding carboxylic acids is 4. The van der Waals surface area contributed by atoms with Crippen LogP contribution in [0.1, 0.15) is 92.7 Å². The highest BCUT2D eigenvalue weighted by Crippen LogP contribution is 2.30. The third kappa shape index (κ3) is 11.5. The van der Waals surface area contributed by atoms with Gasteiger partial charge in [0.05, 0.1) is 54.8 Å². The van der Waals surface area contributed by atoms with E-state index in [0.717, 1.165) is 12.8 Å². The van der Waals surface area contributed by atoms with Crippen molar-refractivity contribution < 1.29 is 33.8 Å². The van der Waals surface area contributed by atoms with Gasteiger partial charge in [0.15, 0.2) is 0 Å². The molecule has 290 valence electrons. The summed E-state index contributed by atoms with van der Waals surface area (Å²) in [5.74, 6) is -1.62. The molecule has 2 rings (SSSR count). The second-order valence-electron chi connectivity index (χ2n) is 15.0. The van der Waals surface area contributed by atoms with Crippen LogP contribution < -0.4 is 16.0 Å². The fourth-order valence-corrected chi connectivity index (χ4v) is 7.42. The first-order valence-electron chi connectivity index (χ1n) is 18.7. The van der Waals surface area contributed by atoms with Gasteiger partial charge in [-0.1, -0.05) is 85.2 Å². The van der Waals surface area contributed by atoms with Crippen LogP contribution in [0.4, 0.5) is 0 Å². The lowest BCUT2D eigenvalue weighted by Crippen LogP contribution is -2.59. The first-order chi connectivity index (χ1) is 24.0. The topological polar surface area (TPSA) is 150 Å². The molecule has 1 fully saturated rings. The molecule has 0 radical (unpaired) electrons. The Bertz CT molecular complexity index is 1250. The van der Waals surface area contributed by atoms with Crippen LogP contribution in [0.15, 0.2) is 30.3 Å². The van der Waals surface area contributed by atoms with Gasteiger partial charge in [-0.25, -0.2) is 0 Å². The van der Waals surface area contributed by atoms with Crippen LogP contribution in [0.3, 0.4) is 0 Å². The Morgan fingerprint density at radius 3 is 2.04 bits per heavy atom. The number of aliphatic hydroxyl groups excluding tert-OH is 1. The average Bonchev–Trinajstić information content (AvgIpc) is 3.59. The highest BCUT2D eigenvalue weighted by Gasteiger charge is 2.43. The summed E-state index contributed by atoms with van der Waals surface area (Å²) in [4.78, 5) is 58.3. The van der Waals surface area contributed by atoms with Gasteiger partial charge in [0.1, 0.15) is 6.04 Å². The lowest BCUT2D eigenvalue weighted by atomic mass is 9.89. The Kier molecular flexibility index (Phi) is 18.0. The Morgan fingerprint density at radius 1 is 0.922 bits per heavy atom. The second-order valence-corrected chi connectivity index (χ2v) is 15.0. The summed E-state index contributed by atoms with van der Waals surface area (Å²) in [6.07, 6.45) is 0.147. The molecule has 12 heteroatoms. The quantitative estimate of drug-likeness (QED) is 0.160. The Labute approximate surface area is 306 Å². The van der Waals surface area contributed by atoms with E-state index in [0.29, 0.717) is 18.5 Å². The van der Waals surface area contributed by atoms with Crippen LogP contribution >= 0.6 is 0 Å². The molecule has 0 spiro atoms. The molecule has 4 amide bonds. The molecule has 1 aliphatic rings. The number of amides is 4. The van der Waals surface area contributed by atoms with Gasteiger partial charge >= 0.3 is 0 Å². The standard InChI is InChI=1S/C39H67N5O7/c1-13-25(6)34(43(10)39(49)33(24(4)5)42-38(48)32(40-9)23(2)3)30(50-11)22-31(45)44-21-17-20-29(44)36(51-12)26(7)37(47)41-27(8)35(46)28-18-15-14-16-19-28/h14-16,18-19,23-27,29-30,32-36,40,46H,13,17,20-22H2,1-12H3,(H,41,47)(H,42,48)/t25-,26+,27-,29-,30-,32?,33-,34-,35-,36+/m0/s1. The van der Waals surface area contributed by atoms with Gasteiger partial charge in [0, 0.05) is 27.8 Å². The minimum Gasteiger partial charge on any atom is -0.386 e. The van der Waals surface area contributed by atoms with Crippen LogP contribution in [-0.2, 0) is 28.7 Å². The van der Waals surface area contributed by atoms with Crippen molar-refractivity contribution in [3.63, 3.8) is 0 Å². The zero-order valence-electron chi connectivity index (χ0n) is 33.1. The normalized spacial score (nSPS) is 20.1. The number of aliphatic hydroxyl groups is 1. The molecule has 1 aliphatic heterocycles. The molecular formula is C39H67N5O7. The number of likely N-dealkylation sites (N-methyl/N-ethyl adjacent to an activating group) is 2. The third-order valence-electron chi connectivity index (χ3n) is 10.7. The first kappa shape index (κ1) is 44.1. The summed E-state index contributed by atoms with van der Waals surface area (Å²) in [7, 11) is 6.57. The number of rotatable bonds is 20. The maximum Gasteiger partial charge on any atom is 0.245 e. The molecule has 0 saturated carbocycles. The van der Waals surface area contributed by atoms with Crippen molar-refractivity contribution in [3.8, 4) is 0 Å². The summed E-state index contributed by atoms with van der Waals surface area (Å²) >= 11 is 0. The van der Waals surface area contributed by atoms with E-state index < -0.39 is 48.4 Å². The Balaban J connectivity index is 2.24. The summed E-state index contributed by atoms with van der Waals surface area (Å²) in [5.41, 5.74) is 0.711. The Morgan fingerprint density at radius 2 is 1.53 bits per heavy atom. The van der Waals surface area contributed by atoms with E-state index in [2.05, 4.69) is 16.0 Å². The molecule has 0 aromatic heterocycles. The zero-order valence-corrected chi connectivity index (χ0v) is 33.1. The van der Waals surface area contributed by atoms with Gasteiger partial charge in [-0.3, -0.25) is 19.2 Å². The molecule has 1 aromatic carbocycles. The number of hydrogen-bond acceptors (Lipinski definition) is 8. The van der Waals surface area contributed by atoms with Crippen molar-refractivity contribution >= 4 is 23.6 Å². The first-order valence-corrected chi connectivity index (χ1v) is 18.7. The number of benzene rings is 1. The summed E-state index contributed by atoms with van der Waals surface area (Å²) in [6, 6.07) is 6.67. The smallest absolute Gasteiger partial charge is 0.245 e. The van der Waals surface area contributed by atoms with Crippen molar-refractivity contribution in [1.29, 1.82) is 0 Å². The summed E-state index contributed by atoms with van der Waals surface area (Å²) < 4.78 is 11.9. The average molecular weight is 718 g/mol. The van der Waals surface area contributed by atoms with Crippen molar-refractivity contribution in [2.75, 3.05) is 34.9 Å². The van der Waals surface area contributed by atoms with Gasteiger partial charge < -0.3 is 40.3 Å². The van der Waals surface area contributed by atoms with Gasteiger partial charge in [0.25, 0.3) is 0 Å².